The van der Waals surface area contributed by atoms with E-state index in [0.717, 1.165) is 5.69 Å². The molecule has 0 bridgehead atoms. The first-order valence-corrected chi connectivity index (χ1v) is 11.8. The van der Waals surface area contributed by atoms with Gasteiger partial charge in [-0.25, -0.2) is 12.8 Å². The highest BCUT2D eigenvalue weighted by atomic mass is 32.2. The van der Waals surface area contributed by atoms with E-state index in [2.05, 4.69) is 4.72 Å². The maximum atomic E-state index is 13.1. The summed E-state index contributed by atoms with van der Waals surface area (Å²) in [6.07, 6.45) is 0. The molecule has 9 nitrogen and oxygen atoms in total. The van der Waals surface area contributed by atoms with Crippen LogP contribution in [-0.4, -0.2) is 71.1 Å². The number of methoxy groups -OCH3 is 1. The van der Waals surface area contributed by atoms with Crippen molar-refractivity contribution in [1.29, 1.82) is 0 Å². The topological polar surface area (TPSA) is 105 Å². The van der Waals surface area contributed by atoms with Crippen LogP contribution in [0.4, 0.5) is 10.1 Å². The molecule has 1 unspecified atom stereocenters. The monoisotopic (exact) mass is 479 g/mol. The van der Waals surface area contributed by atoms with Crippen LogP contribution in [0.5, 0.6) is 5.75 Å². The Morgan fingerprint density at radius 1 is 1.03 bits per heavy atom. The summed E-state index contributed by atoms with van der Waals surface area (Å²) in [5.41, 5.74) is 0.868. The van der Waals surface area contributed by atoms with Crippen LogP contribution in [0.3, 0.4) is 0 Å². The summed E-state index contributed by atoms with van der Waals surface area (Å²) in [7, 11) is -2.49. The van der Waals surface area contributed by atoms with Crippen LogP contribution in [-0.2, 0) is 24.3 Å². The Kier molecular flexibility index (Phi) is 7.88. The van der Waals surface area contributed by atoms with Gasteiger partial charge in [0.2, 0.25) is 10.0 Å². The number of carbonyl (C=O) groups is 2. The van der Waals surface area contributed by atoms with Crippen LogP contribution < -0.4 is 14.4 Å². The summed E-state index contributed by atoms with van der Waals surface area (Å²) >= 11 is 0. The molecule has 2 aromatic rings. The van der Waals surface area contributed by atoms with Crippen LogP contribution in [0.25, 0.3) is 0 Å². The second-order valence-corrected chi connectivity index (χ2v) is 9.18. The fourth-order valence-electron chi connectivity index (χ4n) is 3.32. The number of halogens is 1. The molecule has 0 radical (unpaired) electrons. The zero-order valence-electron chi connectivity index (χ0n) is 18.4. The van der Waals surface area contributed by atoms with E-state index in [1.54, 1.807) is 17.0 Å². The fourth-order valence-corrected chi connectivity index (χ4v) is 4.51. The lowest BCUT2D eigenvalue weighted by Gasteiger charge is -2.36. The average Bonchev–Trinajstić information content (AvgIpc) is 2.82. The number of anilines is 1. The number of hydrogen-bond donors (Lipinski definition) is 1. The lowest BCUT2D eigenvalue weighted by Crippen LogP contribution is -2.50. The van der Waals surface area contributed by atoms with Gasteiger partial charge in [-0.05, 0) is 55.5 Å². The fraction of sp³-hybridized carbons (Fsp3) is 0.364. The van der Waals surface area contributed by atoms with E-state index in [1.807, 2.05) is 4.90 Å². The predicted molar refractivity (Wildman–Crippen MR) is 119 cm³/mol. The summed E-state index contributed by atoms with van der Waals surface area (Å²) in [6, 6.07) is 10.7. The van der Waals surface area contributed by atoms with Crippen molar-refractivity contribution in [2.24, 2.45) is 0 Å². The molecule has 1 fully saturated rings. The summed E-state index contributed by atoms with van der Waals surface area (Å²) < 4.78 is 50.2. The summed E-state index contributed by atoms with van der Waals surface area (Å²) in [5, 5.41) is 0. The smallest absolute Gasteiger partial charge is 0.324 e. The number of amides is 1. The third-order valence-corrected chi connectivity index (χ3v) is 6.77. The van der Waals surface area contributed by atoms with E-state index in [4.69, 9.17) is 9.47 Å². The predicted octanol–water partition coefficient (Wildman–Crippen LogP) is 1.39. The number of esters is 1. The first kappa shape index (κ1) is 24.5. The molecule has 11 heteroatoms. The van der Waals surface area contributed by atoms with Crippen molar-refractivity contribution < 1.29 is 31.9 Å². The Hall–Kier alpha value is -3.18. The molecular formula is C22H26FN3O6S. The van der Waals surface area contributed by atoms with Crippen molar-refractivity contribution in [1.82, 2.24) is 9.62 Å². The number of carbonyl (C=O) groups excluding carboxylic acids is 2. The molecule has 33 heavy (non-hydrogen) atoms. The Morgan fingerprint density at radius 2 is 1.64 bits per heavy atom. The molecule has 1 amide bonds. The molecule has 3 rings (SSSR count). The van der Waals surface area contributed by atoms with Crippen LogP contribution >= 0.6 is 0 Å². The molecule has 0 aliphatic carbocycles. The highest BCUT2D eigenvalue weighted by molar-refractivity contribution is 7.89. The normalized spacial score (nSPS) is 15.1. The van der Waals surface area contributed by atoms with Gasteiger partial charge in [0.25, 0.3) is 5.91 Å². The Bertz CT molecular complexity index is 1070. The second kappa shape index (κ2) is 10.6. The number of piperazine rings is 1. The van der Waals surface area contributed by atoms with Crippen molar-refractivity contribution in [2.45, 2.75) is 17.9 Å². The number of nitrogens with one attached hydrogen (secondary N) is 1. The summed E-state index contributed by atoms with van der Waals surface area (Å²) in [5.74, 6) is -1.04. The minimum absolute atomic E-state index is 0.0296. The minimum Gasteiger partial charge on any atom is -0.497 e. The largest absolute Gasteiger partial charge is 0.497 e. The highest BCUT2D eigenvalue weighted by Gasteiger charge is 2.26. The number of benzene rings is 2. The maximum absolute atomic E-state index is 13.1. The standard InChI is InChI=1S/C22H26FN3O6S/c1-16(24-33(29,30)20-9-7-19(31-2)8-10-20)22(28)32-15-21(27)26-13-11-25(12-14-26)18-5-3-17(23)4-6-18/h3-10,16,24H,11-15H2,1-2H3. The van der Waals surface area contributed by atoms with Crippen molar-refractivity contribution in [3.8, 4) is 5.75 Å². The third-order valence-electron chi connectivity index (χ3n) is 5.22. The average molecular weight is 480 g/mol. The zero-order chi connectivity index (χ0) is 24.0. The van der Waals surface area contributed by atoms with E-state index < -0.39 is 28.6 Å². The van der Waals surface area contributed by atoms with Crippen molar-refractivity contribution >= 4 is 27.6 Å². The molecule has 1 heterocycles. The maximum Gasteiger partial charge on any atom is 0.324 e. The van der Waals surface area contributed by atoms with E-state index in [-0.39, 0.29) is 16.6 Å². The second-order valence-electron chi connectivity index (χ2n) is 7.47. The van der Waals surface area contributed by atoms with Crippen molar-refractivity contribution in [3.63, 3.8) is 0 Å². The van der Waals surface area contributed by atoms with Gasteiger partial charge < -0.3 is 19.3 Å². The van der Waals surface area contributed by atoms with Gasteiger partial charge in [-0.3, -0.25) is 9.59 Å². The van der Waals surface area contributed by atoms with Gasteiger partial charge in [-0.1, -0.05) is 0 Å². The van der Waals surface area contributed by atoms with Crippen LogP contribution in [0.1, 0.15) is 6.92 Å². The van der Waals surface area contributed by atoms with Gasteiger partial charge in [0.05, 0.1) is 12.0 Å². The highest BCUT2D eigenvalue weighted by Crippen LogP contribution is 2.17. The molecule has 1 N–H and O–H groups in total. The van der Waals surface area contributed by atoms with E-state index >= 15 is 0 Å². The molecule has 2 aromatic carbocycles. The van der Waals surface area contributed by atoms with Crippen LogP contribution in [0.15, 0.2) is 53.4 Å². The van der Waals surface area contributed by atoms with Gasteiger partial charge in [-0.15, -0.1) is 0 Å². The molecule has 1 aliphatic heterocycles. The molecule has 1 atom stereocenters. The molecule has 0 saturated carbocycles. The van der Waals surface area contributed by atoms with Crippen LogP contribution in [0, 0.1) is 5.82 Å². The number of rotatable bonds is 8. The van der Waals surface area contributed by atoms with Crippen LogP contribution in [0.2, 0.25) is 0 Å². The van der Waals surface area contributed by atoms with Gasteiger partial charge in [-0.2, -0.15) is 4.72 Å². The van der Waals surface area contributed by atoms with E-state index in [1.165, 1.54) is 50.4 Å². The number of sulfonamides is 1. The quantitative estimate of drug-likeness (QED) is 0.571. The first-order chi connectivity index (χ1) is 15.7. The van der Waals surface area contributed by atoms with E-state index in [0.29, 0.717) is 31.9 Å². The number of nitrogens with zero attached hydrogens (tertiary/aromatic N) is 2. The molecule has 0 spiro atoms. The molecular weight excluding hydrogens is 453 g/mol. The molecule has 1 saturated heterocycles. The molecule has 1 aliphatic rings. The number of hydrogen-bond acceptors (Lipinski definition) is 7. The zero-order valence-corrected chi connectivity index (χ0v) is 19.2. The Balaban J connectivity index is 1.45. The van der Waals surface area contributed by atoms with Gasteiger partial charge in [0, 0.05) is 31.9 Å². The Labute approximate surface area is 192 Å². The number of ether oxygens (including phenoxy) is 2. The summed E-state index contributed by atoms with van der Waals surface area (Å²) in [4.78, 5) is 28.2. The summed E-state index contributed by atoms with van der Waals surface area (Å²) in [6.45, 7) is 2.83. The van der Waals surface area contributed by atoms with Gasteiger partial charge in [0.15, 0.2) is 6.61 Å². The lowest BCUT2D eigenvalue weighted by atomic mass is 10.2. The SMILES string of the molecule is COc1ccc(S(=O)(=O)NC(C)C(=O)OCC(=O)N2CCN(c3ccc(F)cc3)CC2)cc1. The Morgan fingerprint density at radius 3 is 2.21 bits per heavy atom. The van der Waals surface area contributed by atoms with Crippen molar-refractivity contribution in [3.05, 3.63) is 54.3 Å². The third kappa shape index (κ3) is 6.42. The van der Waals surface area contributed by atoms with E-state index in [9.17, 15) is 22.4 Å². The first-order valence-electron chi connectivity index (χ1n) is 10.3. The molecule has 0 aromatic heterocycles. The van der Waals surface area contributed by atoms with Gasteiger partial charge >= 0.3 is 5.97 Å². The molecule has 178 valence electrons. The minimum atomic E-state index is -3.95. The van der Waals surface area contributed by atoms with Crippen molar-refractivity contribution in [2.75, 3.05) is 44.8 Å². The lowest BCUT2D eigenvalue weighted by molar-refractivity contribution is -0.153. The van der Waals surface area contributed by atoms with Gasteiger partial charge in [0.1, 0.15) is 17.6 Å².